The van der Waals surface area contributed by atoms with E-state index in [4.69, 9.17) is 0 Å². The zero-order valence-corrected chi connectivity index (χ0v) is 6.75. The average molecular weight is 152 g/mol. The average Bonchev–Trinajstić information content (AvgIpc) is 1.66. The van der Waals surface area contributed by atoms with Crippen LogP contribution in [-0.2, 0) is 4.79 Å². The van der Waals surface area contributed by atoms with E-state index in [-0.39, 0.29) is 18.2 Å². The van der Waals surface area contributed by atoms with Crippen LogP contribution in [0.25, 0.3) is 0 Å². The number of hydrogen-bond acceptors (Lipinski definition) is 2. The Morgan fingerprint density at radius 3 is 2.44 bits per heavy atom. The molecule has 0 spiro atoms. The number of ketones is 1. The lowest BCUT2D eigenvalue weighted by atomic mass is 10.4. The smallest absolute Gasteiger partial charge is 0.143 e. The molecule has 0 aromatic rings. The molecule has 0 aliphatic heterocycles. The number of carbonyl (C=O) groups is 1. The molecule has 0 aliphatic carbocycles. The van der Waals surface area contributed by atoms with E-state index < -0.39 is 0 Å². The van der Waals surface area contributed by atoms with Gasteiger partial charge in [0.15, 0.2) is 0 Å². The molecule has 56 valence electrons. The topological polar surface area (TPSA) is 29.1 Å². The van der Waals surface area contributed by atoms with Crippen molar-refractivity contribution in [1.29, 1.82) is 0 Å². The highest BCUT2D eigenvalue weighted by Crippen LogP contribution is 1.69. The Hall–Kier alpha value is -0.0800. The number of Topliss-reactive ketones (excluding diaryl/α,β-unsaturated/α-hetero) is 1. The van der Waals surface area contributed by atoms with Crippen molar-refractivity contribution in [1.82, 2.24) is 5.32 Å². The van der Waals surface area contributed by atoms with Gasteiger partial charge in [-0.15, -0.1) is 12.4 Å². The van der Waals surface area contributed by atoms with Crippen LogP contribution in [0.1, 0.15) is 20.3 Å². The van der Waals surface area contributed by atoms with E-state index in [1.807, 2.05) is 0 Å². The predicted octanol–water partition coefficient (Wildman–Crippen LogP) is 0.997. The molecule has 3 heteroatoms. The largest absolute Gasteiger partial charge is 0.310 e. The summed E-state index contributed by atoms with van der Waals surface area (Å²) in [5.41, 5.74) is 0. The summed E-state index contributed by atoms with van der Waals surface area (Å²) < 4.78 is 0. The highest BCUT2D eigenvalue weighted by molar-refractivity contribution is 5.85. The SMILES string of the molecule is CCCNCC(C)=O.Cl. The van der Waals surface area contributed by atoms with Gasteiger partial charge in [0.2, 0.25) is 0 Å². The summed E-state index contributed by atoms with van der Waals surface area (Å²) in [6.45, 7) is 5.13. The number of hydrogen-bond donors (Lipinski definition) is 1. The fraction of sp³-hybridized carbons (Fsp3) is 0.833. The van der Waals surface area contributed by atoms with Gasteiger partial charge in [-0.2, -0.15) is 0 Å². The van der Waals surface area contributed by atoms with Crippen LogP contribution in [0.3, 0.4) is 0 Å². The lowest BCUT2D eigenvalue weighted by molar-refractivity contribution is -0.116. The Labute approximate surface area is 62.4 Å². The molecule has 0 aliphatic rings. The highest BCUT2D eigenvalue weighted by Gasteiger charge is 1.87. The van der Waals surface area contributed by atoms with Crippen LogP contribution < -0.4 is 5.32 Å². The van der Waals surface area contributed by atoms with Gasteiger partial charge in [0.1, 0.15) is 5.78 Å². The quantitative estimate of drug-likeness (QED) is 0.608. The summed E-state index contributed by atoms with van der Waals surface area (Å²) in [7, 11) is 0. The minimum atomic E-state index is 0. The van der Waals surface area contributed by atoms with Crippen LogP contribution >= 0.6 is 12.4 Å². The highest BCUT2D eigenvalue weighted by atomic mass is 35.5. The van der Waals surface area contributed by atoms with Crippen molar-refractivity contribution in [2.45, 2.75) is 20.3 Å². The molecule has 1 N–H and O–H groups in total. The molecule has 0 unspecified atom stereocenters. The Morgan fingerprint density at radius 1 is 1.56 bits per heavy atom. The number of halogens is 1. The van der Waals surface area contributed by atoms with E-state index >= 15 is 0 Å². The maximum absolute atomic E-state index is 10.3. The molecule has 0 radical (unpaired) electrons. The first-order valence-corrected chi connectivity index (χ1v) is 2.97. The molecule has 0 heterocycles. The van der Waals surface area contributed by atoms with Crippen molar-refractivity contribution >= 4 is 18.2 Å². The fourth-order valence-electron chi connectivity index (χ4n) is 0.441. The standard InChI is InChI=1S/C6H13NO.ClH/c1-3-4-7-5-6(2)8;/h7H,3-5H2,1-2H3;1H. The zero-order valence-electron chi connectivity index (χ0n) is 5.94. The van der Waals surface area contributed by atoms with Crippen LogP contribution in [0, 0.1) is 0 Å². The summed E-state index contributed by atoms with van der Waals surface area (Å²) in [4.78, 5) is 10.3. The Kier molecular flexibility index (Phi) is 10.3. The third-order valence-electron chi connectivity index (χ3n) is 0.801. The number of nitrogens with one attached hydrogen (secondary N) is 1. The first-order chi connectivity index (χ1) is 3.77. The van der Waals surface area contributed by atoms with Crippen molar-refractivity contribution in [2.24, 2.45) is 0 Å². The van der Waals surface area contributed by atoms with Gasteiger partial charge in [0.05, 0.1) is 6.54 Å². The summed E-state index contributed by atoms with van der Waals surface area (Å²) in [5, 5.41) is 2.98. The maximum atomic E-state index is 10.3. The molecule has 2 nitrogen and oxygen atoms in total. The third-order valence-corrected chi connectivity index (χ3v) is 0.801. The van der Waals surface area contributed by atoms with Crippen LogP contribution in [0.4, 0.5) is 0 Å². The lowest BCUT2D eigenvalue weighted by Gasteiger charge is -1.95. The van der Waals surface area contributed by atoms with Crippen LogP contribution in [0.5, 0.6) is 0 Å². The Bertz CT molecular complexity index is 75.5. The molecule has 0 rings (SSSR count). The summed E-state index contributed by atoms with van der Waals surface area (Å²) in [5.74, 6) is 0.207. The molecule has 0 aromatic carbocycles. The van der Waals surface area contributed by atoms with Gasteiger partial charge in [-0.25, -0.2) is 0 Å². The van der Waals surface area contributed by atoms with E-state index in [1.54, 1.807) is 6.92 Å². The first-order valence-electron chi connectivity index (χ1n) is 2.97. The molecule has 9 heavy (non-hydrogen) atoms. The molecule has 0 saturated carbocycles. The van der Waals surface area contributed by atoms with Crippen LogP contribution in [0.2, 0.25) is 0 Å². The minimum absolute atomic E-state index is 0. The molecule has 0 amide bonds. The van der Waals surface area contributed by atoms with Crippen molar-refractivity contribution in [3.63, 3.8) is 0 Å². The van der Waals surface area contributed by atoms with E-state index in [9.17, 15) is 4.79 Å². The molecular weight excluding hydrogens is 138 g/mol. The van der Waals surface area contributed by atoms with E-state index in [0.717, 1.165) is 13.0 Å². The van der Waals surface area contributed by atoms with Gasteiger partial charge in [-0.3, -0.25) is 4.79 Å². The second kappa shape index (κ2) is 7.92. The first kappa shape index (κ1) is 11.7. The summed E-state index contributed by atoms with van der Waals surface area (Å²) >= 11 is 0. The van der Waals surface area contributed by atoms with Crippen LogP contribution in [0.15, 0.2) is 0 Å². The predicted molar refractivity (Wildman–Crippen MR) is 41.1 cm³/mol. The van der Waals surface area contributed by atoms with E-state index in [2.05, 4.69) is 12.2 Å². The Morgan fingerprint density at radius 2 is 2.11 bits per heavy atom. The third kappa shape index (κ3) is 11.5. The van der Waals surface area contributed by atoms with Crippen molar-refractivity contribution in [2.75, 3.05) is 13.1 Å². The molecule has 0 fully saturated rings. The fourth-order valence-corrected chi connectivity index (χ4v) is 0.441. The van der Waals surface area contributed by atoms with Crippen molar-refractivity contribution in [3.8, 4) is 0 Å². The van der Waals surface area contributed by atoms with Gasteiger partial charge >= 0.3 is 0 Å². The normalized spacial score (nSPS) is 8.22. The van der Waals surface area contributed by atoms with Gasteiger partial charge in [-0.1, -0.05) is 6.92 Å². The number of carbonyl (C=O) groups excluding carboxylic acids is 1. The van der Waals surface area contributed by atoms with Gasteiger partial charge in [0, 0.05) is 0 Å². The molecule has 0 saturated heterocycles. The monoisotopic (exact) mass is 151 g/mol. The summed E-state index contributed by atoms with van der Waals surface area (Å²) in [6, 6.07) is 0. The second-order valence-corrected chi connectivity index (χ2v) is 1.88. The molecule has 0 bridgehead atoms. The van der Waals surface area contributed by atoms with Gasteiger partial charge in [-0.05, 0) is 19.9 Å². The van der Waals surface area contributed by atoms with Crippen molar-refractivity contribution in [3.05, 3.63) is 0 Å². The lowest BCUT2D eigenvalue weighted by Crippen LogP contribution is -2.21. The van der Waals surface area contributed by atoms with Crippen LogP contribution in [-0.4, -0.2) is 18.9 Å². The second-order valence-electron chi connectivity index (χ2n) is 1.88. The minimum Gasteiger partial charge on any atom is -0.310 e. The molecule has 0 aromatic heterocycles. The van der Waals surface area contributed by atoms with E-state index in [0.29, 0.717) is 6.54 Å². The molecule has 0 atom stereocenters. The maximum Gasteiger partial charge on any atom is 0.143 e. The van der Waals surface area contributed by atoms with Gasteiger partial charge in [0.25, 0.3) is 0 Å². The van der Waals surface area contributed by atoms with Crippen molar-refractivity contribution < 1.29 is 4.79 Å². The van der Waals surface area contributed by atoms with E-state index in [1.165, 1.54) is 0 Å². The Balaban J connectivity index is 0. The molecular formula is C6H14ClNO. The summed E-state index contributed by atoms with van der Waals surface area (Å²) in [6.07, 6.45) is 1.09. The number of rotatable bonds is 4. The van der Waals surface area contributed by atoms with Gasteiger partial charge < -0.3 is 5.32 Å². The zero-order chi connectivity index (χ0) is 6.41.